The Bertz CT molecular complexity index is 336. The first-order chi connectivity index (χ1) is 10.1. The van der Waals surface area contributed by atoms with Gasteiger partial charge in [-0.3, -0.25) is 14.5 Å². The fourth-order valence-electron chi connectivity index (χ4n) is 2.69. The maximum absolute atomic E-state index is 11.9. The summed E-state index contributed by atoms with van der Waals surface area (Å²) in [6.07, 6.45) is 3.14. The molecule has 6 heteroatoms. The Morgan fingerprint density at radius 1 is 1.43 bits per heavy atom. The molecule has 2 atom stereocenters. The first-order valence-corrected chi connectivity index (χ1v) is 7.93. The molecule has 0 aromatic rings. The molecule has 1 heterocycles. The highest BCUT2D eigenvalue weighted by Crippen LogP contribution is 2.21. The van der Waals surface area contributed by atoms with Crippen molar-refractivity contribution in [3.63, 3.8) is 0 Å². The second-order valence-corrected chi connectivity index (χ2v) is 5.75. The molecule has 0 saturated carbocycles. The maximum atomic E-state index is 11.9. The van der Waals surface area contributed by atoms with Crippen LogP contribution in [0.3, 0.4) is 0 Å². The Hall–Kier alpha value is -1.14. The van der Waals surface area contributed by atoms with Gasteiger partial charge in [0.2, 0.25) is 5.91 Å². The standard InChI is InChI=1S/C15H29N3O3/c1-3-21-15(20)5-4-7-17-14(19)11-18-8-6-12(2)9-13(18)10-16/h12-13H,3-11,16H2,1-2H3,(H,17,19). The Morgan fingerprint density at radius 2 is 2.19 bits per heavy atom. The zero-order valence-electron chi connectivity index (χ0n) is 13.3. The number of hydrogen-bond donors (Lipinski definition) is 2. The zero-order valence-corrected chi connectivity index (χ0v) is 13.3. The number of esters is 1. The molecule has 1 saturated heterocycles. The van der Waals surface area contributed by atoms with Gasteiger partial charge in [0, 0.05) is 25.6 Å². The molecule has 21 heavy (non-hydrogen) atoms. The van der Waals surface area contributed by atoms with Gasteiger partial charge >= 0.3 is 5.97 Å². The van der Waals surface area contributed by atoms with Crippen LogP contribution in [0.4, 0.5) is 0 Å². The predicted octanol–water partition coefficient (Wildman–Crippen LogP) is 0.505. The van der Waals surface area contributed by atoms with E-state index in [4.69, 9.17) is 10.5 Å². The molecule has 2 unspecified atom stereocenters. The van der Waals surface area contributed by atoms with Gasteiger partial charge in [0.15, 0.2) is 0 Å². The third kappa shape index (κ3) is 6.91. The van der Waals surface area contributed by atoms with Crippen LogP contribution in [0.15, 0.2) is 0 Å². The van der Waals surface area contributed by atoms with Crippen molar-refractivity contribution >= 4 is 11.9 Å². The minimum Gasteiger partial charge on any atom is -0.466 e. The van der Waals surface area contributed by atoms with Crippen LogP contribution in [0, 0.1) is 5.92 Å². The van der Waals surface area contributed by atoms with Crippen LogP contribution >= 0.6 is 0 Å². The molecule has 1 aliphatic heterocycles. The minimum atomic E-state index is -0.208. The molecule has 1 aliphatic rings. The number of nitrogens with zero attached hydrogens (tertiary/aromatic N) is 1. The van der Waals surface area contributed by atoms with Crippen molar-refractivity contribution in [3.05, 3.63) is 0 Å². The molecule has 0 spiro atoms. The number of carbonyl (C=O) groups is 2. The van der Waals surface area contributed by atoms with Gasteiger partial charge in [-0.05, 0) is 38.6 Å². The lowest BCUT2D eigenvalue weighted by molar-refractivity contribution is -0.143. The average molecular weight is 299 g/mol. The van der Waals surface area contributed by atoms with Gasteiger partial charge < -0.3 is 15.8 Å². The van der Waals surface area contributed by atoms with Crippen LogP contribution < -0.4 is 11.1 Å². The molecule has 122 valence electrons. The number of amides is 1. The predicted molar refractivity (Wildman–Crippen MR) is 81.7 cm³/mol. The Balaban J connectivity index is 2.19. The lowest BCUT2D eigenvalue weighted by Gasteiger charge is -2.37. The summed E-state index contributed by atoms with van der Waals surface area (Å²) in [7, 11) is 0. The van der Waals surface area contributed by atoms with Crippen molar-refractivity contribution in [2.75, 3.05) is 32.8 Å². The van der Waals surface area contributed by atoms with E-state index in [1.54, 1.807) is 6.92 Å². The van der Waals surface area contributed by atoms with E-state index in [1.165, 1.54) is 0 Å². The molecule has 6 nitrogen and oxygen atoms in total. The van der Waals surface area contributed by atoms with E-state index in [0.29, 0.717) is 51.0 Å². The highest BCUT2D eigenvalue weighted by Gasteiger charge is 2.26. The fourth-order valence-corrected chi connectivity index (χ4v) is 2.69. The molecule has 0 radical (unpaired) electrons. The lowest BCUT2D eigenvalue weighted by Crippen LogP contribution is -2.50. The number of piperidine rings is 1. The van der Waals surface area contributed by atoms with E-state index < -0.39 is 0 Å². The van der Waals surface area contributed by atoms with Crippen LogP contribution in [-0.2, 0) is 14.3 Å². The maximum Gasteiger partial charge on any atom is 0.305 e. The van der Waals surface area contributed by atoms with Crippen molar-refractivity contribution in [1.29, 1.82) is 0 Å². The molecule has 0 bridgehead atoms. The Labute approximate surface area is 127 Å². The Kier molecular flexibility index (Phi) is 8.30. The summed E-state index contributed by atoms with van der Waals surface area (Å²) in [5.41, 5.74) is 5.79. The van der Waals surface area contributed by atoms with E-state index in [0.717, 1.165) is 19.4 Å². The van der Waals surface area contributed by atoms with Crippen LogP contribution in [0.5, 0.6) is 0 Å². The van der Waals surface area contributed by atoms with Crippen molar-refractivity contribution in [2.24, 2.45) is 11.7 Å². The normalized spacial score (nSPS) is 22.8. The van der Waals surface area contributed by atoms with E-state index in [-0.39, 0.29) is 11.9 Å². The number of nitrogens with two attached hydrogens (primary N) is 1. The molecule has 1 amide bonds. The number of ether oxygens (including phenoxy) is 1. The van der Waals surface area contributed by atoms with Crippen LogP contribution in [0.25, 0.3) is 0 Å². The number of hydrogen-bond acceptors (Lipinski definition) is 5. The summed E-state index contributed by atoms with van der Waals surface area (Å²) in [6.45, 7) is 6.85. The molecule has 0 aliphatic carbocycles. The van der Waals surface area contributed by atoms with Crippen molar-refractivity contribution in [2.45, 2.75) is 45.6 Å². The molecule has 1 rings (SSSR count). The molecule has 3 N–H and O–H groups in total. The van der Waals surface area contributed by atoms with Crippen molar-refractivity contribution < 1.29 is 14.3 Å². The van der Waals surface area contributed by atoms with Gasteiger partial charge in [-0.1, -0.05) is 6.92 Å². The van der Waals surface area contributed by atoms with Gasteiger partial charge in [0.1, 0.15) is 0 Å². The van der Waals surface area contributed by atoms with Gasteiger partial charge in [-0.15, -0.1) is 0 Å². The van der Waals surface area contributed by atoms with E-state index >= 15 is 0 Å². The van der Waals surface area contributed by atoms with Gasteiger partial charge in [-0.2, -0.15) is 0 Å². The van der Waals surface area contributed by atoms with Gasteiger partial charge in [0.25, 0.3) is 0 Å². The van der Waals surface area contributed by atoms with Crippen LogP contribution in [0.1, 0.15) is 39.5 Å². The summed E-state index contributed by atoms with van der Waals surface area (Å²) < 4.78 is 4.84. The molecular formula is C15H29N3O3. The van der Waals surface area contributed by atoms with E-state index in [1.807, 2.05) is 0 Å². The summed E-state index contributed by atoms with van der Waals surface area (Å²) >= 11 is 0. The zero-order chi connectivity index (χ0) is 15.7. The first-order valence-electron chi connectivity index (χ1n) is 7.93. The lowest BCUT2D eigenvalue weighted by atomic mass is 9.92. The number of rotatable bonds is 8. The number of nitrogens with one attached hydrogen (secondary N) is 1. The third-order valence-electron chi connectivity index (χ3n) is 3.90. The summed E-state index contributed by atoms with van der Waals surface area (Å²) in [6, 6.07) is 0.305. The van der Waals surface area contributed by atoms with Gasteiger partial charge in [0.05, 0.1) is 13.2 Å². The fraction of sp³-hybridized carbons (Fsp3) is 0.867. The monoisotopic (exact) mass is 299 g/mol. The summed E-state index contributed by atoms with van der Waals surface area (Å²) in [4.78, 5) is 25.2. The van der Waals surface area contributed by atoms with Crippen molar-refractivity contribution in [3.8, 4) is 0 Å². The average Bonchev–Trinajstić information content (AvgIpc) is 2.46. The highest BCUT2D eigenvalue weighted by molar-refractivity contribution is 5.78. The molecule has 0 aromatic carbocycles. The number of likely N-dealkylation sites (tertiary alicyclic amines) is 1. The second kappa shape index (κ2) is 9.73. The molecular weight excluding hydrogens is 270 g/mol. The van der Waals surface area contributed by atoms with E-state index in [2.05, 4.69) is 17.1 Å². The summed E-state index contributed by atoms with van der Waals surface area (Å²) in [5, 5.41) is 2.85. The molecule has 0 aromatic heterocycles. The highest BCUT2D eigenvalue weighted by atomic mass is 16.5. The third-order valence-corrected chi connectivity index (χ3v) is 3.90. The topological polar surface area (TPSA) is 84.7 Å². The number of carbonyl (C=O) groups excluding carboxylic acids is 2. The quantitative estimate of drug-likeness (QED) is 0.504. The van der Waals surface area contributed by atoms with Crippen LogP contribution in [0.2, 0.25) is 0 Å². The summed E-state index contributed by atoms with van der Waals surface area (Å²) in [5.74, 6) is 0.481. The van der Waals surface area contributed by atoms with Gasteiger partial charge in [-0.25, -0.2) is 0 Å². The van der Waals surface area contributed by atoms with Crippen LogP contribution in [-0.4, -0.2) is 55.6 Å². The smallest absolute Gasteiger partial charge is 0.305 e. The first kappa shape index (κ1) is 17.9. The minimum absolute atomic E-state index is 0.00635. The second-order valence-electron chi connectivity index (χ2n) is 5.75. The van der Waals surface area contributed by atoms with Crippen molar-refractivity contribution in [1.82, 2.24) is 10.2 Å². The largest absolute Gasteiger partial charge is 0.466 e. The SMILES string of the molecule is CCOC(=O)CCCNC(=O)CN1CCC(C)CC1CN. The molecule has 1 fully saturated rings. The Morgan fingerprint density at radius 3 is 2.86 bits per heavy atom. The van der Waals surface area contributed by atoms with E-state index in [9.17, 15) is 9.59 Å².